The molecule has 2 rings (SSSR count). The van der Waals surface area contributed by atoms with E-state index in [0.717, 1.165) is 17.0 Å². The van der Waals surface area contributed by atoms with Crippen LogP contribution in [0.15, 0.2) is 29.4 Å². The Morgan fingerprint density at radius 3 is 2.57 bits per heavy atom. The largest absolute Gasteiger partial charge is 0.493 e. The maximum atomic E-state index is 12.3. The molecule has 2 aromatic rings. The number of halogens is 3. The Hall–Kier alpha value is -2.49. The lowest BCUT2D eigenvalue weighted by Crippen LogP contribution is -2.36. The predicted molar refractivity (Wildman–Crippen MR) is 103 cm³/mol. The van der Waals surface area contributed by atoms with Crippen molar-refractivity contribution >= 4 is 17.3 Å². The lowest BCUT2D eigenvalue weighted by atomic mass is 10.2. The molecule has 0 bridgehead atoms. The number of ether oxygens (including phenoxy) is 2. The number of hydrogen-bond donors (Lipinski definition) is 2. The van der Waals surface area contributed by atoms with Gasteiger partial charge in [-0.05, 0) is 24.1 Å². The highest BCUT2D eigenvalue weighted by Crippen LogP contribution is 2.29. The van der Waals surface area contributed by atoms with Gasteiger partial charge in [0.2, 0.25) is 0 Å². The van der Waals surface area contributed by atoms with Crippen molar-refractivity contribution in [2.75, 3.05) is 20.8 Å². The summed E-state index contributed by atoms with van der Waals surface area (Å²) in [5, 5.41) is 7.28. The van der Waals surface area contributed by atoms with Gasteiger partial charge in [0.25, 0.3) is 0 Å². The molecular weight excluding hydrogens is 393 g/mol. The van der Waals surface area contributed by atoms with Gasteiger partial charge in [-0.25, -0.2) is 4.98 Å². The average molecular weight is 416 g/mol. The topological polar surface area (TPSA) is 67.8 Å². The van der Waals surface area contributed by atoms with E-state index in [1.165, 1.54) is 18.1 Å². The number of aliphatic imine (C=N–C) groups is 1. The summed E-state index contributed by atoms with van der Waals surface area (Å²) < 4.78 is 46.9. The summed E-state index contributed by atoms with van der Waals surface area (Å²) in [4.78, 5) is 9.72. The third-order valence-electron chi connectivity index (χ3n) is 3.66. The van der Waals surface area contributed by atoms with Crippen molar-refractivity contribution < 1.29 is 22.6 Å². The molecule has 1 heterocycles. The Bertz CT molecular complexity index is 793. The van der Waals surface area contributed by atoms with Crippen molar-refractivity contribution in [2.24, 2.45) is 4.99 Å². The average Bonchev–Trinajstić information content (AvgIpc) is 3.14. The van der Waals surface area contributed by atoms with Gasteiger partial charge in [0.05, 0.1) is 13.7 Å². The zero-order valence-corrected chi connectivity index (χ0v) is 16.7. The van der Waals surface area contributed by atoms with Crippen molar-refractivity contribution in [2.45, 2.75) is 32.6 Å². The van der Waals surface area contributed by atoms with Crippen LogP contribution in [0.4, 0.5) is 13.2 Å². The highest BCUT2D eigenvalue weighted by Gasteiger charge is 2.29. The van der Waals surface area contributed by atoms with Crippen LogP contribution >= 0.6 is 11.3 Å². The number of benzene rings is 1. The quantitative estimate of drug-likeness (QED) is 0.509. The van der Waals surface area contributed by atoms with E-state index >= 15 is 0 Å². The van der Waals surface area contributed by atoms with E-state index in [-0.39, 0.29) is 11.5 Å². The zero-order chi connectivity index (χ0) is 20.6. The van der Waals surface area contributed by atoms with Gasteiger partial charge >= 0.3 is 6.18 Å². The van der Waals surface area contributed by atoms with Gasteiger partial charge in [0.15, 0.2) is 24.1 Å². The summed E-state index contributed by atoms with van der Waals surface area (Å²) in [5.41, 5.74) is 0.807. The molecule has 0 atom stereocenters. The Morgan fingerprint density at radius 1 is 1.21 bits per heavy atom. The fourth-order valence-electron chi connectivity index (χ4n) is 2.26. The van der Waals surface area contributed by atoms with Gasteiger partial charge in [-0.15, -0.1) is 11.3 Å². The Morgan fingerprint density at radius 2 is 1.96 bits per heavy atom. The SMILES string of the molecule is CCc1cnc(CNC(=NC)NCc2ccc(OCC(F)(F)F)c(OC)c2)s1. The first-order valence-electron chi connectivity index (χ1n) is 8.59. The van der Waals surface area contributed by atoms with Crippen molar-refractivity contribution in [1.29, 1.82) is 0 Å². The van der Waals surface area contributed by atoms with Crippen LogP contribution in [0.1, 0.15) is 22.4 Å². The molecule has 0 amide bonds. The van der Waals surface area contributed by atoms with Gasteiger partial charge in [-0.3, -0.25) is 4.99 Å². The number of rotatable bonds is 8. The maximum absolute atomic E-state index is 12.3. The molecule has 0 saturated heterocycles. The van der Waals surface area contributed by atoms with E-state index in [4.69, 9.17) is 9.47 Å². The number of aromatic nitrogens is 1. The highest BCUT2D eigenvalue weighted by atomic mass is 32.1. The molecule has 0 fully saturated rings. The number of guanidine groups is 1. The molecule has 1 aromatic carbocycles. The Kier molecular flexibility index (Phi) is 7.91. The van der Waals surface area contributed by atoms with Crippen LogP contribution in [0.5, 0.6) is 11.5 Å². The molecule has 154 valence electrons. The number of aryl methyl sites for hydroxylation is 1. The summed E-state index contributed by atoms with van der Waals surface area (Å²) in [7, 11) is 3.04. The van der Waals surface area contributed by atoms with E-state index in [9.17, 15) is 13.2 Å². The minimum atomic E-state index is -4.40. The molecule has 10 heteroatoms. The second kappa shape index (κ2) is 10.2. The molecule has 0 unspecified atom stereocenters. The van der Waals surface area contributed by atoms with Gasteiger partial charge in [0, 0.05) is 24.7 Å². The van der Waals surface area contributed by atoms with E-state index < -0.39 is 12.8 Å². The van der Waals surface area contributed by atoms with Crippen LogP contribution in [0, 0.1) is 0 Å². The first kappa shape index (κ1) is 21.8. The van der Waals surface area contributed by atoms with Gasteiger partial charge in [0.1, 0.15) is 5.01 Å². The number of nitrogens with zero attached hydrogens (tertiary/aromatic N) is 2. The second-order valence-corrected chi connectivity index (χ2v) is 6.94. The molecule has 0 aliphatic heterocycles. The molecular formula is C18H23F3N4O2S. The third-order valence-corrected chi connectivity index (χ3v) is 4.80. The van der Waals surface area contributed by atoms with Crippen molar-refractivity contribution in [1.82, 2.24) is 15.6 Å². The van der Waals surface area contributed by atoms with Gasteiger partial charge in [-0.2, -0.15) is 13.2 Å². The molecule has 0 saturated carbocycles. The minimum absolute atomic E-state index is 0.0431. The standard InChI is InChI=1S/C18H23F3N4O2S/c1-4-13-9-23-16(28-13)10-25-17(22-2)24-8-12-5-6-14(15(7-12)26-3)27-11-18(19,20)21/h5-7,9H,4,8,10-11H2,1-3H3,(H2,22,24,25). The van der Waals surface area contributed by atoms with Crippen LogP contribution in [-0.2, 0) is 19.5 Å². The third kappa shape index (κ3) is 6.91. The first-order chi connectivity index (χ1) is 13.3. The predicted octanol–water partition coefficient (Wildman–Crippen LogP) is 3.52. The lowest BCUT2D eigenvalue weighted by molar-refractivity contribution is -0.153. The number of thiazole rings is 1. The summed E-state index contributed by atoms with van der Waals surface area (Å²) in [5.74, 6) is 0.868. The van der Waals surface area contributed by atoms with Crippen molar-refractivity contribution in [3.63, 3.8) is 0 Å². The molecule has 0 aliphatic rings. The fourth-order valence-corrected chi connectivity index (χ4v) is 3.06. The number of hydrogen-bond acceptors (Lipinski definition) is 5. The highest BCUT2D eigenvalue weighted by molar-refractivity contribution is 7.11. The Labute approximate surface area is 165 Å². The second-order valence-electron chi connectivity index (χ2n) is 5.74. The van der Waals surface area contributed by atoms with E-state index in [1.54, 1.807) is 30.5 Å². The summed E-state index contributed by atoms with van der Waals surface area (Å²) in [6.45, 7) is 1.68. The first-order valence-corrected chi connectivity index (χ1v) is 9.40. The molecule has 2 N–H and O–H groups in total. The van der Waals surface area contributed by atoms with Gasteiger partial charge in [-0.1, -0.05) is 13.0 Å². The van der Waals surface area contributed by atoms with Crippen LogP contribution in [-0.4, -0.2) is 37.9 Å². The normalized spacial score (nSPS) is 12.0. The zero-order valence-electron chi connectivity index (χ0n) is 15.9. The van der Waals surface area contributed by atoms with Crippen LogP contribution in [0.3, 0.4) is 0 Å². The molecule has 0 spiro atoms. The lowest BCUT2D eigenvalue weighted by Gasteiger charge is -2.15. The molecule has 6 nitrogen and oxygen atoms in total. The molecule has 28 heavy (non-hydrogen) atoms. The minimum Gasteiger partial charge on any atom is -0.493 e. The molecule has 0 aliphatic carbocycles. The van der Waals surface area contributed by atoms with Crippen molar-refractivity contribution in [3.05, 3.63) is 39.8 Å². The van der Waals surface area contributed by atoms with Crippen LogP contribution in [0.25, 0.3) is 0 Å². The van der Waals surface area contributed by atoms with Crippen LogP contribution < -0.4 is 20.1 Å². The fraction of sp³-hybridized carbons (Fsp3) is 0.444. The molecule has 1 aromatic heterocycles. The number of methoxy groups -OCH3 is 1. The molecule has 0 radical (unpaired) electrons. The van der Waals surface area contributed by atoms with Crippen LogP contribution in [0.2, 0.25) is 0 Å². The maximum Gasteiger partial charge on any atom is 0.422 e. The smallest absolute Gasteiger partial charge is 0.422 e. The Balaban J connectivity index is 1.90. The van der Waals surface area contributed by atoms with E-state index in [0.29, 0.717) is 19.0 Å². The van der Waals surface area contributed by atoms with E-state index in [1.807, 2.05) is 6.20 Å². The van der Waals surface area contributed by atoms with Gasteiger partial charge < -0.3 is 20.1 Å². The number of nitrogens with one attached hydrogen (secondary N) is 2. The number of alkyl halides is 3. The summed E-state index contributed by atoms with van der Waals surface area (Å²) >= 11 is 1.65. The summed E-state index contributed by atoms with van der Waals surface area (Å²) in [6, 6.07) is 4.75. The monoisotopic (exact) mass is 416 g/mol. The van der Waals surface area contributed by atoms with Crippen molar-refractivity contribution in [3.8, 4) is 11.5 Å². The summed E-state index contributed by atoms with van der Waals surface area (Å²) in [6.07, 6.45) is -1.58. The van der Waals surface area contributed by atoms with E-state index in [2.05, 4.69) is 27.5 Å².